The molecule has 19 heavy (non-hydrogen) atoms. The molecule has 1 saturated carbocycles. The monoisotopic (exact) mass is 299 g/mol. The van der Waals surface area contributed by atoms with Crippen molar-refractivity contribution in [2.75, 3.05) is 6.54 Å². The van der Waals surface area contributed by atoms with Crippen LogP contribution in [0, 0.1) is 5.41 Å². The van der Waals surface area contributed by atoms with Gasteiger partial charge in [-0.25, -0.2) is 0 Å². The van der Waals surface area contributed by atoms with Crippen molar-refractivity contribution >= 4 is 23.2 Å². The Morgan fingerprint density at radius 3 is 2.47 bits per heavy atom. The van der Waals surface area contributed by atoms with Gasteiger partial charge in [0.25, 0.3) is 0 Å². The number of hydrogen-bond donors (Lipinski definition) is 1. The minimum absolute atomic E-state index is 0.313. The van der Waals surface area contributed by atoms with Crippen LogP contribution in [0.15, 0.2) is 18.2 Å². The summed E-state index contributed by atoms with van der Waals surface area (Å²) in [5.74, 6) is 0. The van der Waals surface area contributed by atoms with E-state index in [9.17, 15) is 0 Å². The van der Waals surface area contributed by atoms with E-state index in [1.54, 1.807) is 0 Å². The molecule has 106 valence electrons. The van der Waals surface area contributed by atoms with Gasteiger partial charge >= 0.3 is 0 Å². The molecule has 1 aromatic rings. The summed E-state index contributed by atoms with van der Waals surface area (Å²) in [6.07, 6.45) is 6.83. The molecular weight excluding hydrogens is 277 g/mol. The fourth-order valence-electron chi connectivity index (χ4n) is 2.88. The van der Waals surface area contributed by atoms with Crippen LogP contribution in [-0.2, 0) is 0 Å². The second-order valence-corrected chi connectivity index (χ2v) is 6.96. The van der Waals surface area contributed by atoms with Crippen LogP contribution in [0.5, 0.6) is 0 Å². The van der Waals surface area contributed by atoms with Gasteiger partial charge in [-0.3, -0.25) is 0 Å². The number of halogens is 2. The first-order chi connectivity index (χ1) is 9.00. The van der Waals surface area contributed by atoms with Crippen LogP contribution in [0.4, 0.5) is 0 Å². The second kappa shape index (κ2) is 6.47. The van der Waals surface area contributed by atoms with Crippen molar-refractivity contribution < 1.29 is 0 Å². The Bertz CT molecular complexity index is 425. The van der Waals surface area contributed by atoms with E-state index >= 15 is 0 Å². The van der Waals surface area contributed by atoms with E-state index in [1.165, 1.54) is 37.7 Å². The van der Waals surface area contributed by atoms with Gasteiger partial charge in [-0.05, 0) is 42.9 Å². The molecule has 0 saturated heterocycles. The average molecular weight is 300 g/mol. The lowest BCUT2D eigenvalue weighted by Gasteiger charge is -2.35. The molecule has 3 heteroatoms. The molecule has 0 radical (unpaired) electrons. The topological polar surface area (TPSA) is 12.0 Å². The smallest absolute Gasteiger partial charge is 0.0595 e. The van der Waals surface area contributed by atoms with Crippen LogP contribution < -0.4 is 5.32 Å². The maximum atomic E-state index is 6.07. The van der Waals surface area contributed by atoms with Crippen LogP contribution in [0.2, 0.25) is 10.0 Å². The minimum atomic E-state index is 0.313. The molecule has 2 rings (SSSR count). The molecule has 0 spiro atoms. The van der Waals surface area contributed by atoms with Gasteiger partial charge in [-0.15, -0.1) is 0 Å². The molecule has 0 aromatic heterocycles. The Labute approximate surface area is 126 Å². The number of nitrogens with one attached hydrogen (secondary N) is 1. The van der Waals surface area contributed by atoms with Crippen molar-refractivity contribution in [1.82, 2.24) is 5.32 Å². The Balaban J connectivity index is 1.93. The van der Waals surface area contributed by atoms with E-state index in [1.807, 2.05) is 12.1 Å². The van der Waals surface area contributed by atoms with Crippen molar-refractivity contribution in [2.45, 2.75) is 52.0 Å². The van der Waals surface area contributed by atoms with Gasteiger partial charge in [0, 0.05) is 12.6 Å². The molecule has 1 aliphatic rings. The third kappa shape index (κ3) is 4.11. The molecule has 1 aliphatic carbocycles. The van der Waals surface area contributed by atoms with Crippen LogP contribution in [0.3, 0.4) is 0 Å². The summed E-state index contributed by atoms with van der Waals surface area (Å²) in [5, 5.41) is 4.91. The lowest BCUT2D eigenvalue weighted by Crippen LogP contribution is -2.34. The molecule has 1 N–H and O–H groups in total. The molecule has 1 atom stereocenters. The number of benzene rings is 1. The van der Waals surface area contributed by atoms with E-state index in [0.29, 0.717) is 21.5 Å². The summed E-state index contributed by atoms with van der Waals surface area (Å²) in [6, 6.07) is 6.20. The van der Waals surface area contributed by atoms with Crippen LogP contribution in [-0.4, -0.2) is 6.54 Å². The molecule has 0 amide bonds. The lowest BCUT2D eigenvalue weighted by atomic mass is 9.75. The normalized spacial score (nSPS) is 20.2. The summed E-state index contributed by atoms with van der Waals surface area (Å²) in [5.41, 5.74) is 1.66. The molecule has 0 heterocycles. The van der Waals surface area contributed by atoms with Crippen LogP contribution >= 0.6 is 23.2 Å². The second-order valence-electron chi connectivity index (χ2n) is 6.15. The fraction of sp³-hybridized carbons (Fsp3) is 0.625. The maximum Gasteiger partial charge on any atom is 0.0595 e. The van der Waals surface area contributed by atoms with Gasteiger partial charge in [0.05, 0.1) is 10.0 Å². The van der Waals surface area contributed by atoms with Gasteiger partial charge < -0.3 is 5.32 Å². The van der Waals surface area contributed by atoms with E-state index in [4.69, 9.17) is 23.2 Å². The standard InChI is InChI=1S/C16H23Cl2N/c1-12(13-6-7-14(17)15(18)10-13)19-11-16(2)8-4-3-5-9-16/h6-7,10,12,19H,3-5,8-9,11H2,1-2H3. The highest BCUT2D eigenvalue weighted by atomic mass is 35.5. The van der Waals surface area contributed by atoms with E-state index < -0.39 is 0 Å². The molecule has 1 unspecified atom stereocenters. The molecular formula is C16H23Cl2N. The zero-order chi connectivity index (χ0) is 13.9. The summed E-state index contributed by atoms with van der Waals surface area (Å²) in [6.45, 7) is 5.67. The lowest BCUT2D eigenvalue weighted by molar-refractivity contribution is 0.202. The molecule has 1 nitrogen and oxygen atoms in total. The van der Waals surface area contributed by atoms with Crippen molar-refractivity contribution in [3.05, 3.63) is 33.8 Å². The van der Waals surface area contributed by atoms with Gasteiger partial charge in [-0.2, -0.15) is 0 Å². The van der Waals surface area contributed by atoms with Gasteiger partial charge in [-0.1, -0.05) is 55.5 Å². The molecule has 0 bridgehead atoms. The number of hydrogen-bond acceptors (Lipinski definition) is 1. The largest absolute Gasteiger partial charge is 0.310 e. The fourth-order valence-corrected chi connectivity index (χ4v) is 3.19. The Morgan fingerprint density at radius 1 is 1.16 bits per heavy atom. The van der Waals surface area contributed by atoms with Crippen molar-refractivity contribution in [3.8, 4) is 0 Å². The maximum absolute atomic E-state index is 6.07. The summed E-state index contributed by atoms with van der Waals surface area (Å²) < 4.78 is 0. The third-order valence-corrected chi connectivity index (χ3v) is 5.08. The Kier molecular flexibility index (Phi) is 5.16. The molecule has 0 aliphatic heterocycles. The predicted molar refractivity (Wildman–Crippen MR) is 84.1 cm³/mol. The zero-order valence-corrected chi connectivity index (χ0v) is 13.3. The Morgan fingerprint density at radius 2 is 1.84 bits per heavy atom. The zero-order valence-electron chi connectivity index (χ0n) is 11.8. The summed E-state index contributed by atoms with van der Waals surface area (Å²) in [7, 11) is 0. The summed E-state index contributed by atoms with van der Waals surface area (Å²) in [4.78, 5) is 0. The SMILES string of the molecule is CC(NCC1(C)CCCCC1)c1ccc(Cl)c(Cl)c1. The van der Waals surface area contributed by atoms with Crippen molar-refractivity contribution in [3.63, 3.8) is 0 Å². The van der Waals surface area contributed by atoms with Gasteiger partial charge in [0.1, 0.15) is 0 Å². The van der Waals surface area contributed by atoms with Crippen LogP contribution in [0.1, 0.15) is 57.6 Å². The van der Waals surface area contributed by atoms with Crippen molar-refractivity contribution in [1.29, 1.82) is 0 Å². The molecule has 1 fully saturated rings. The van der Waals surface area contributed by atoms with Crippen molar-refractivity contribution in [2.24, 2.45) is 5.41 Å². The van der Waals surface area contributed by atoms with Gasteiger partial charge in [0.2, 0.25) is 0 Å². The first-order valence-corrected chi connectivity index (χ1v) is 7.94. The first-order valence-electron chi connectivity index (χ1n) is 7.18. The highest BCUT2D eigenvalue weighted by Gasteiger charge is 2.26. The van der Waals surface area contributed by atoms with Gasteiger partial charge in [0.15, 0.2) is 0 Å². The quantitative estimate of drug-likeness (QED) is 0.761. The Hall–Kier alpha value is -0.240. The van der Waals surface area contributed by atoms with Crippen LogP contribution in [0.25, 0.3) is 0 Å². The minimum Gasteiger partial charge on any atom is -0.310 e. The van der Waals surface area contributed by atoms with E-state index in [0.717, 1.165) is 6.54 Å². The highest BCUT2D eigenvalue weighted by molar-refractivity contribution is 6.42. The molecule has 1 aromatic carbocycles. The number of rotatable bonds is 4. The predicted octanol–water partition coefficient (Wildman–Crippen LogP) is 5.61. The third-order valence-electron chi connectivity index (χ3n) is 4.34. The van der Waals surface area contributed by atoms with E-state index in [2.05, 4.69) is 25.2 Å². The summed E-state index contributed by atoms with van der Waals surface area (Å²) >= 11 is 12.0. The highest BCUT2D eigenvalue weighted by Crippen LogP contribution is 2.35. The van der Waals surface area contributed by atoms with E-state index in [-0.39, 0.29) is 0 Å². The first kappa shape index (κ1) is 15.2. The average Bonchev–Trinajstić information content (AvgIpc) is 2.40.